The minimum absolute atomic E-state index is 0.802. The Hall–Kier alpha value is -0.510. The summed E-state index contributed by atoms with van der Waals surface area (Å²) < 4.78 is 4.97. The molecule has 0 bridgehead atoms. The average molecular weight is 253 g/mol. The lowest BCUT2D eigenvalue weighted by Crippen LogP contribution is -2.20. The molecule has 3 heteroatoms. The molecule has 0 aliphatic heterocycles. The fraction of sp³-hybridized carbons (Fsp3) is 0.571. The van der Waals surface area contributed by atoms with Crippen molar-refractivity contribution in [2.45, 2.75) is 19.1 Å². The summed E-state index contributed by atoms with van der Waals surface area (Å²) in [5.41, 5.74) is 2.78. The van der Waals surface area contributed by atoms with Crippen LogP contribution >= 0.6 is 11.8 Å². The number of hydrogen-bond acceptors (Lipinski definition) is 3. The molecule has 0 radical (unpaired) electrons. The molecule has 0 saturated carbocycles. The van der Waals surface area contributed by atoms with E-state index in [4.69, 9.17) is 4.74 Å². The Morgan fingerprint density at radius 2 is 2.18 bits per heavy atom. The molecule has 0 spiro atoms. The maximum atomic E-state index is 4.97. The Bertz CT molecular complexity index is 304. The van der Waals surface area contributed by atoms with Crippen molar-refractivity contribution in [3.8, 4) is 0 Å². The van der Waals surface area contributed by atoms with E-state index in [9.17, 15) is 0 Å². The standard InChI is InChI=1S/C14H23NOS/c1-13-5-3-6-14(11-13)12-17-10-4-7-15-8-9-16-2/h3,5-6,11,15H,4,7-10,12H2,1-2H3. The predicted octanol–water partition coefficient (Wildman–Crippen LogP) is 2.85. The Labute approximate surface area is 109 Å². The Kier molecular flexibility index (Phi) is 8.14. The molecular weight excluding hydrogens is 230 g/mol. The van der Waals surface area contributed by atoms with Crippen LogP contribution in [0.15, 0.2) is 24.3 Å². The Morgan fingerprint density at radius 3 is 2.94 bits per heavy atom. The lowest BCUT2D eigenvalue weighted by atomic mass is 10.2. The van der Waals surface area contributed by atoms with Crippen LogP contribution < -0.4 is 5.32 Å². The van der Waals surface area contributed by atoms with Crippen LogP contribution in [0.4, 0.5) is 0 Å². The second-order valence-corrected chi connectivity index (χ2v) is 5.24. The molecule has 0 aliphatic rings. The number of rotatable bonds is 9. The van der Waals surface area contributed by atoms with Gasteiger partial charge in [0.2, 0.25) is 0 Å². The maximum Gasteiger partial charge on any atom is 0.0587 e. The van der Waals surface area contributed by atoms with Gasteiger partial charge in [-0.2, -0.15) is 11.8 Å². The molecule has 0 unspecified atom stereocenters. The lowest BCUT2D eigenvalue weighted by Gasteiger charge is -2.05. The maximum absolute atomic E-state index is 4.97. The summed E-state index contributed by atoms with van der Waals surface area (Å²) in [7, 11) is 1.74. The molecule has 17 heavy (non-hydrogen) atoms. The molecule has 0 fully saturated rings. The van der Waals surface area contributed by atoms with Crippen LogP contribution in [0.5, 0.6) is 0 Å². The van der Waals surface area contributed by atoms with Gasteiger partial charge in [-0.1, -0.05) is 29.8 Å². The van der Waals surface area contributed by atoms with Gasteiger partial charge in [0.1, 0.15) is 0 Å². The van der Waals surface area contributed by atoms with Crippen LogP contribution in [0.1, 0.15) is 17.5 Å². The van der Waals surface area contributed by atoms with Crippen LogP contribution in [-0.2, 0) is 10.5 Å². The number of benzene rings is 1. The third kappa shape index (κ3) is 7.42. The van der Waals surface area contributed by atoms with Crippen molar-refractivity contribution in [2.24, 2.45) is 0 Å². The van der Waals surface area contributed by atoms with Gasteiger partial charge in [-0.25, -0.2) is 0 Å². The number of nitrogens with one attached hydrogen (secondary N) is 1. The predicted molar refractivity (Wildman–Crippen MR) is 76.7 cm³/mol. The zero-order chi connectivity index (χ0) is 12.3. The van der Waals surface area contributed by atoms with Crippen molar-refractivity contribution in [2.75, 3.05) is 32.6 Å². The van der Waals surface area contributed by atoms with Crippen molar-refractivity contribution in [3.63, 3.8) is 0 Å². The normalized spacial score (nSPS) is 10.7. The van der Waals surface area contributed by atoms with Crippen molar-refractivity contribution >= 4 is 11.8 Å². The first-order valence-corrected chi connectivity index (χ1v) is 7.31. The summed E-state index contributed by atoms with van der Waals surface area (Å²) in [6.07, 6.45) is 1.22. The molecule has 0 amide bonds. The fourth-order valence-electron chi connectivity index (χ4n) is 1.59. The molecule has 0 atom stereocenters. The van der Waals surface area contributed by atoms with Gasteiger partial charge in [-0.15, -0.1) is 0 Å². The SMILES string of the molecule is COCCNCCCSCc1cccc(C)c1. The lowest BCUT2D eigenvalue weighted by molar-refractivity contribution is 0.199. The molecule has 1 aromatic carbocycles. The number of methoxy groups -OCH3 is 1. The highest BCUT2D eigenvalue weighted by Gasteiger charge is 1.94. The highest BCUT2D eigenvalue weighted by molar-refractivity contribution is 7.98. The first-order valence-electron chi connectivity index (χ1n) is 6.16. The second kappa shape index (κ2) is 9.51. The monoisotopic (exact) mass is 253 g/mol. The van der Waals surface area contributed by atoms with Crippen LogP contribution in [0.25, 0.3) is 0 Å². The Morgan fingerprint density at radius 1 is 1.29 bits per heavy atom. The van der Waals surface area contributed by atoms with Crippen molar-refractivity contribution in [1.82, 2.24) is 5.32 Å². The van der Waals surface area contributed by atoms with Gasteiger partial charge in [0.25, 0.3) is 0 Å². The molecule has 96 valence electrons. The van der Waals surface area contributed by atoms with Gasteiger partial charge in [0, 0.05) is 19.4 Å². The first kappa shape index (κ1) is 14.6. The molecule has 0 aromatic heterocycles. The van der Waals surface area contributed by atoms with Crippen molar-refractivity contribution in [3.05, 3.63) is 35.4 Å². The van der Waals surface area contributed by atoms with E-state index in [1.54, 1.807) is 7.11 Å². The van der Waals surface area contributed by atoms with E-state index in [1.807, 2.05) is 11.8 Å². The molecule has 1 rings (SSSR count). The van der Waals surface area contributed by atoms with Crippen molar-refractivity contribution in [1.29, 1.82) is 0 Å². The van der Waals surface area contributed by atoms with E-state index >= 15 is 0 Å². The molecular formula is C14H23NOS. The minimum Gasteiger partial charge on any atom is -0.383 e. The minimum atomic E-state index is 0.802. The van der Waals surface area contributed by atoms with E-state index in [0.29, 0.717) is 0 Å². The topological polar surface area (TPSA) is 21.3 Å². The average Bonchev–Trinajstić information content (AvgIpc) is 2.33. The smallest absolute Gasteiger partial charge is 0.0587 e. The van der Waals surface area contributed by atoms with Crippen LogP contribution in [-0.4, -0.2) is 32.6 Å². The van der Waals surface area contributed by atoms with E-state index in [2.05, 4.69) is 36.5 Å². The van der Waals surface area contributed by atoms with Gasteiger partial charge < -0.3 is 10.1 Å². The summed E-state index contributed by atoms with van der Waals surface area (Å²) in [5.74, 6) is 2.34. The van der Waals surface area contributed by atoms with Crippen LogP contribution in [0, 0.1) is 6.92 Å². The van der Waals surface area contributed by atoms with Gasteiger partial charge in [-0.3, -0.25) is 0 Å². The fourth-order valence-corrected chi connectivity index (χ4v) is 2.50. The van der Waals surface area contributed by atoms with Gasteiger partial charge in [-0.05, 0) is 31.2 Å². The van der Waals surface area contributed by atoms with E-state index in [0.717, 1.165) is 25.4 Å². The van der Waals surface area contributed by atoms with E-state index in [-0.39, 0.29) is 0 Å². The van der Waals surface area contributed by atoms with E-state index < -0.39 is 0 Å². The molecule has 0 heterocycles. The summed E-state index contributed by atoms with van der Waals surface area (Å²) in [4.78, 5) is 0. The van der Waals surface area contributed by atoms with Crippen LogP contribution in [0.3, 0.4) is 0 Å². The third-order valence-electron chi connectivity index (χ3n) is 2.48. The van der Waals surface area contributed by atoms with E-state index in [1.165, 1.54) is 23.3 Å². The molecule has 2 nitrogen and oxygen atoms in total. The second-order valence-electron chi connectivity index (χ2n) is 4.14. The number of ether oxygens (including phenoxy) is 1. The van der Waals surface area contributed by atoms with Gasteiger partial charge >= 0.3 is 0 Å². The highest BCUT2D eigenvalue weighted by Crippen LogP contribution is 2.13. The molecule has 1 aromatic rings. The molecule has 0 aliphatic carbocycles. The number of hydrogen-bond donors (Lipinski definition) is 1. The zero-order valence-electron chi connectivity index (χ0n) is 10.9. The highest BCUT2D eigenvalue weighted by atomic mass is 32.2. The summed E-state index contributed by atoms with van der Waals surface area (Å²) in [6.45, 7) is 4.99. The molecule has 0 saturated heterocycles. The first-order chi connectivity index (χ1) is 8.33. The summed E-state index contributed by atoms with van der Waals surface area (Å²) in [5, 5.41) is 3.36. The van der Waals surface area contributed by atoms with Gasteiger partial charge in [0.15, 0.2) is 0 Å². The van der Waals surface area contributed by atoms with Gasteiger partial charge in [0.05, 0.1) is 6.61 Å². The Balaban J connectivity index is 1.97. The molecule has 1 N–H and O–H groups in total. The summed E-state index contributed by atoms with van der Waals surface area (Å²) >= 11 is 2.01. The largest absolute Gasteiger partial charge is 0.383 e. The quantitative estimate of drug-likeness (QED) is 0.684. The summed E-state index contributed by atoms with van der Waals surface area (Å²) in [6, 6.07) is 8.76. The van der Waals surface area contributed by atoms with Crippen molar-refractivity contribution < 1.29 is 4.74 Å². The van der Waals surface area contributed by atoms with Crippen LogP contribution in [0.2, 0.25) is 0 Å². The number of thioether (sulfide) groups is 1. The number of aryl methyl sites for hydroxylation is 1. The third-order valence-corrected chi connectivity index (χ3v) is 3.59. The zero-order valence-corrected chi connectivity index (χ0v) is 11.7.